The molecule has 2 aliphatic rings. The van der Waals surface area contributed by atoms with Crippen molar-refractivity contribution in [1.29, 1.82) is 0 Å². The molecule has 2 atom stereocenters. The molecule has 5 rings (SSSR count). The van der Waals surface area contributed by atoms with Crippen molar-refractivity contribution in [2.45, 2.75) is 37.7 Å². The first-order valence-electron chi connectivity index (χ1n) is 14.6. The number of thiophene rings is 1. The van der Waals surface area contributed by atoms with Crippen molar-refractivity contribution in [3.05, 3.63) is 46.8 Å². The lowest BCUT2D eigenvalue weighted by molar-refractivity contribution is -0.126. The molecule has 2 aliphatic heterocycles. The summed E-state index contributed by atoms with van der Waals surface area (Å²) in [5.74, 6) is 5.73. The summed E-state index contributed by atoms with van der Waals surface area (Å²) in [5.41, 5.74) is 0.953. The highest BCUT2D eigenvalue weighted by molar-refractivity contribution is 7.73. The number of ether oxygens (including phenoxy) is 1. The first-order chi connectivity index (χ1) is 20.2. The first kappa shape index (κ1) is 25.0. The number of anilines is 2. The van der Waals surface area contributed by atoms with Crippen LogP contribution in [0.2, 0.25) is 0 Å². The van der Waals surface area contributed by atoms with Crippen molar-refractivity contribution in [2.24, 2.45) is 0 Å². The van der Waals surface area contributed by atoms with Gasteiger partial charge in [-0.2, -0.15) is 13.2 Å². The van der Waals surface area contributed by atoms with Crippen molar-refractivity contribution >= 4 is 45.2 Å². The zero-order valence-corrected chi connectivity index (χ0v) is 23.6. The topological polar surface area (TPSA) is 53.6 Å². The maximum atomic E-state index is 14.7. The van der Waals surface area contributed by atoms with Gasteiger partial charge in [-0.25, -0.2) is 4.39 Å². The molecule has 0 saturated carbocycles. The van der Waals surface area contributed by atoms with Gasteiger partial charge in [0.2, 0.25) is 0 Å². The van der Waals surface area contributed by atoms with E-state index in [2.05, 4.69) is 22.5 Å². The van der Waals surface area contributed by atoms with E-state index < -0.39 is 39.0 Å². The second-order valence-electron chi connectivity index (χ2n) is 10.3. The minimum Gasteiger partial charge on any atom is -0.495 e. The van der Waals surface area contributed by atoms with Crippen LogP contribution in [0.1, 0.15) is 27.4 Å². The molecule has 0 radical (unpaired) electrons. The van der Waals surface area contributed by atoms with Crippen molar-refractivity contribution in [2.75, 3.05) is 56.7 Å². The number of methoxy groups -OCH3 is 1. The predicted molar refractivity (Wildman–Crippen MR) is 156 cm³/mol. The van der Waals surface area contributed by atoms with Gasteiger partial charge < -0.3 is 24.8 Å². The molecule has 2 N–H and O–H groups in total. The zero-order valence-electron chi connectivity index (χ0n) is 24.9. The van der Waals surface area contributed by atoms with Crippen LogP contribution in [0.4, 0.5) is 28.9 Å². The van der Waals surface area contributed by atoms with Crippen molar-refractivity contribution in [1.82, 2.24) is 4.90 Å². The molecule has 2 fully saturated rings. The summed E-state index contributed by atoms with van der Waals surface area (Å²) in [6, 6.07) is 9.32. The molecular formula is C29H32F4N3O2PS. The largest absolute Gasteiger partial charge is 0.495 e. The highest BCUT2D eigenvalue weighted by Gasteiger charge is 2.33. The van der Waals surface area contributed by atoms with Gasteiger partial charge in [0, 0.05) is 30.7 Å². The Hall–Kier alpha value is -2.73. The van der Waals surface area contributed by atoms with Gasteiger partial charge in [0.05, 0.1) is 51.1 Å². The van der Waals surface area contributed by atoms with E-state index in [9.17, 15) is 22.1 Å². The van der Waals surface area contributed by atoms with Crippen LogP contribution in [0.15, 0.2) is 36.4 Å². The molecule has 5 nitrogen and oxygen atoms in total. The molecule has 11 heteroatoms. The Kier molecular flexibility index (Phi) is 7.28. The molecule has 0 aliphatic carbocycles. The van der Waals surface area contributed by atoms with E-state index in [1.54, 1.807) is 30.3 Å². The van der Waals surface area contributed by atoms with Gasteiger partial charge in [0.1, 0.15) is 19.1 Å². The van der Waals surface area contributed by atoms with Crippen molar-refractivity contribution in [3.63, 3.8) is 0 Å². The van der Waals surface area contributed by atoms with E-state index in [0.29, 0.717) is 52.1 Å². The standard InChI is InChI=1S/C29H32F4N3O2PS/c1-36-13-11-23(22(30)18-36)35-25-7-3-6-20-21(17-29(31,32)33)27(40-28(20)25)8-4-12-34-24-10-9-19(16-26(24)38-2)39(37)14-5-15-39/h3,6-7,9-10,16,22-23,34-35H,5,11-15,17-18H2,1-2H3/t22-,23+/m1/s1/i2D3. The van der Waals surface area contributed by atoms with E-state index in [0.717, 1.165) is 17.8 Å². The van der Waals surface area contributed by atoms with Gasteiger partial charge >= 0.3 is 6.18 Å². The van der Waals surface area contributed by atoms with E-state index in [1.807, 2.05) is 11.9 Å². The van der Waals surface area contributed by atoms with Crippen LogP contribution in [0.5, 0.6) is 5.75 Å². The van der Waals surface area contributed by atoms with Gasteiger partial charge in [-0.1, -0.05) is 24.0 Å². The molecule has 3 aromatic rings. The van der Waals surface area contributed by atoms with E-state index in [-0.39, 0.29) is 29.3 Å². The Balaban J connectivity index is 1.40. The van der Waals surface area contributed by atoms with Gasteiger partial charge in [0.15, 0.2) is 0 Å². The minimum atomic E-state index is -4.46. The fourth-order valence-electron chi connectivity index (χ4n) is 5.14. The summed E-state index contributed by atoms with van der Waals surface area (Å²) < 4.78 is 96.8. The number of fused-ring (bicyclic) bond motifs is 1. The van der Waals surface area contributed by atoms with Crippen LogP contribution in [-0.4, -0.2) is 69.3 Å². The smallest absolute Gasteiger partial charge is 0.393 e. The maximum Gasteiger partial charge on any atom is 0.393 e. The van der Waals surface area contributed by atoms with Gasteiger partial charge in [-0.05, 0) is 55.1 Å². The Morgan fingerprint density at radius 1 is 1.25 bits per heavy atom. The molecule has 214 valence electrons. The number of rotatable bonds is 7. The fourth-order valence-corrected chi connectivity index (χ4v) is 8.42. The van der Waals surface area contributed by atoms with Gasteiger partial charge in [-0.15, -0.1) is 11.3 Å². The van der Waals surface area contributed by atoms with Crippen molar-refractivity contribution < 1.29 is 31.0 Å². The quantitative estimate of drug-likeness (QED) is 0.190. The van der Waals surface area contributed by atoms with Crippen LogP contribution in [0, 0.1) is 11.8 Å². The minimum absolute atomic E-state index is 0.0110. The van der Waals surface area contributed by atoms with Crippen molar-refractivity contribution in [3.8, 4) is 17.6 Å². The third-order valence-electron chi connectivity index (χ3n) is 7.43. The Bertz CT molecular complexity index is 1590. The number of hydrogen-bond acceptors (Lipinski definition) is 6. The Labute approximate surface area is 239 Å². The summed E-state index contributed by atoms with van der Waals surface area (Å²) in [7, 11) is -3.42. The molecular weight excluding hydrogens is 561 g/mol. The highest BCUT2D eigenvalue weighted by Crippen LogP contribution is 2.54. The third kappa shape index (κ3) is 6.27. The number of halogens is 4. The molecule has 1 aromatic heterocycles. The Morgan fingerprint density at radius 2 is 2.08 bits per heavy atom. The van der Waals surface area contributed by atoms with Crippen LogP contribution >= 0.6 is 18.5 Å². The molecule has 0 amide bonds. The fraction of sp³-hybridized carbons (Fsp3) is 0.448. The lowest BCUT2D eigenvalue weighted by Crippen LogP contribution is -2.46. The molecule has 2 saturated heterocycles. The number of hydrogen-bond donors (Lipinski definition) is 2. The van der Waals surface area contributed by atoms with E-state index in [1.165, 1.54) is 6.07 Å². The molecule has 3 heterocycles. The van der Waals surface area contributed by atoms with Crippen LogP contribution in [-0.2, 0) is 11.0 Å². The summed E-state index contributed by atoms with van der Waals surface area (Å²) in [4.78, 5) is 2.15. The summed E-state index contributed by atoms with van der Waals surface area (Å²) >= 11 is 1.13. The lowest BCUT2D eigenvalue weighted by atomic mass is 10.0. The Morgan fingerprint density at radius 3 is 2.77 bits per heavy atom. The summed E-state index contributed by atoms with van der Waals surface area (Å²) in [5, 5.41) is 7.18. The second kappa shape index (κ2) is 11.6. The van der Waals surface area contributed by atoms with E-state index >= 15 is 0 Å². The summed E-state index contributed by atoms with van der Waals surface area (Å²) in [6.45, 7) is 0.975. The zero-order chi connectivity index (χ0) is 31.0. The van der Waals surface area contributed by atoms with Gasteiger partial charge in [-0.3, -0.25) is 0 Å². The third-order valence-corrected chi connectivity index (χ3v) is 11.9. The maximum absolute atomic E-state index is 14.7. The van der Waals surface area contributed by atoms with Gasteiger partial charge in [0.25, 0.3) is 0 Å². The van der Waals surface area contributed by atoms with E-state index in [4.69, 9.17) is 8.85 Å². The number of piperidine rings is 1. The average Bonchev–Trinajstić information content (AvgIpc) is 3.23. The monoisotopic (exact) mass is 596 g/mol. The molecule has 2 aromatic carbocycles. The normalized spacial score (nSPS) is 22.3. The highest BCUT2D eigenvalue weighted by atomic mass is 32.1. The molecule has 0 bridgehead atoms. The number of nitrogens with one attached hydrogen (secondary N) is 2. The number of benzene rings is 2. The lowest BCUT2D eigenvalue weighted by Gasteiger charge is -2.33. The molecule has 0 spiro atoms. The van der Waals surface area contributed by atoms with Crippen LogP contribution < -0.4 is 20.7 Å². The average molecular weight is 597 g/mol. The SMILES string of the molecule is [2H]C([2H])([2H])Oc1cc(P2(=O)CCC2)ccc1NCC#Cc1sc2c(N[C@H]3CCN(C)C[C@H]3F)cccc2c1CC(F)(F)F. The molecule has 0 unspecified atom stereocenters. The predicted octanol–water partition coefficient (Wildman–Crippen LogP) is 6.32. The number of alkyl halides is 4. The number of likely N-dealkylation sites (tertiary alicyclic amines) is 1. The number of nitrogens with zero attached hydrogens (tertiary/aromatic N) is 1. The van der Waals surface area contributed by atoms with Crippen LogP contribution in [0.3, 0.4) is 0 Å². The molecule has 40 heavy (non-hydrogen) atoms. The second-order valence-corrected chi connectivity index (χ2v) is 14.5. The summed E-state index contributed by atoms with van der Waals surface area (Å²) in [6.07, 6.45) is -4.19. The van der Waals surface area contributed by atoms with Crippen LogP contribution in [0.25, 0.3) is 10.1 Å². The first-order valence-corrected chi connectivity index (χ1v) is 15.9.